The Morgan fingerprint density at radius 2 is 1.67 bits per heavy atom. The Kier molecular flexibility index (Phi) is 11.6. The number of hydrogen-bond acceptors (Lipinski definition) is 9. The van der Waals surface area contributed by atoms with Crippen molar-refractivity contribution in [2.45, 2.75) is 44.1 Å². The number of esters is 2. The lowest BCUT2D eigenvalue weighted by atomic mass is 9.86. The molecule has 3 fully saturated rings. The van der Waals surface area contributed by atoms with E-state index in [9.17, 15) is 19.2 Å². The van der Waals surface area contributed by atoms with Crippen molar-refractivity contribution in [2.24, 2.45) is 5.92 Å². The Bertz CT molecular complexity index is 1850. The van der Waals surface area contributed by atoms with Crippen LogP contribution in [-0.4, -0.2) is 56.8 Å². The highest BCUT2D eigenvalue weighted by molar-refractivity contribution is 6.35. The van der Waals surface area contributed by atoms with Gasteiger partial charge in [0.2, 0.25) is 0 Å². The van der Waals surface area contributed by atoms with Crippen LogP contribution in [0.4, 0.5) is 4.39 Å². The summed E-state index contributed by atoms with van der Waals surface area (Å²) in [5.41, 5.74) is 2.52. The standard InChI is InChI=1S/C38H38Cl2FN3O7/c1-48-32-11-10-26(17-34(32)49-2)33(18-29-30(39)20-44(47)21-31(29)40)50-37(45)25-8-6-23(7-9-25)19-42-36(27-4-3-5-28(41)16-27)38(46)51-35-22-43-14-12-24(35)13-15-43/h3-11,16-17,20-21,24,33,35-36,42H,12-15,18-19,22H2,1-2H3/t33-,35-,36?/m0/s1. The predicted octanol–water partition coefficient (Wildman–Crippen LogP) is 6.39. The first-order valence-corrected chi connectivity index (χ1v) is 17.4. The van der Waals surface area contributed by atoms with E-state index in [1.807, 2.05) is 0 Å². The second-order valence-corrected chi connectivity index (χ2v) is 13.5. The van der Waals surface area contributed by atoms with Crippen LogP contribution in [0.3, 0.4) is 0 Å². The van der Waals surface area contributed by atoms with Gasteiger partial charge in [-0.05, 0) is 84.9 Å². The fourth-order valence-corrected chi connectivity index (χ4v) is 7.25. The summed E-state index contributed by atoms with van der Waals surface area (Å²) < 4.78 is 37.6. The minimum atomic E-state index is -0.893. The van der Waals surface area contributed by atoms with Crippen LogP contribution in [0, 0.1) is 16.9 Å². The van der Waals surface area contributed by atoms with Crippen molar-refractivity contribution in [1.82, 2.24) is 10.2 Å². The molecule has 3 saturated heterocycles. The van der Waals surface area contributed by atoms with Gasteiger partial charge in [0.05, 0.1) is 19.8 Å². The number of methoxy groups -OCH3 is 2. The largest absolute Gasteiger partial charge is 0.619 e. The number of rotatable bonds is 13. The van der Waals surface area contributed by atoms with Crippen LogP contribution in [0.2, 0.25) is 10.0 Å². The number of carbonyl (C=O) groups is 2. The molecule has 3 aromatic carbocycles. The number of hydrogen-bond donors (Lipinski definition) is 1. The molecule has 7 rings (SSSR count). The molecule has 0 spiro atoms. The summed E-state index contributed by atoms with van der Waals surface area (Å²) in [5, 5.41) is 15.3. The average molecular weight is 739 g/mol. The summed E-state index contributed by atoms with van der Waals surface area (Å²) in [6.45, 7) is 2.99. The molecule has 4 heterocycles. The lowest BCUT2D eigenvalue weighted by Crippen LogP contribution is -2.52. The second kappa shape index (κ2) is 16.3. The van der Waals surface area contributed by atoms with Crippen molar-refractivity contribution in [3.8, 4) is 11.5 Å². The molecule has 13 heteroatoms. The van der Waals surface area contributed by atoms with E-state index in [4.69, 9.17) is 42.1 Å². The van der Waals surface area contributed by atoms with Gasteiger partial charge in [0, 0.05) is 25.1 Å². The van der Waals surface area contributed by atoms with Gasteiger partial charge in [0.25, 0.3) is 0 Å². The van der Waals surface area contributed by atoms with Crippen molar-refractivity contribution in [3.05, 3.63) is 128 Å². The van der Waals surface area contributed by atoms with E-state index in [2.05, 4.69) is 10.2 Å². The van der Waals surface area contributed by atoms with Crippen molar-refractivity contribution in [1.29, 1.82) is 0 Å². The third-order valence-corrected chi connectivity index (χ3v) is 10.1. The zero-order chi connectivity index (χ0) is 36.1. The Labute approximate surface area is 305 Å². The number of aromatic nitrogens is 1. The van der Waals surface area contributed by atoms with E-state index in [1.165, 1.54) is 38.7 Å². The Balaban J connectivity index is 1.17. The smallest absolute Gasteiger partial charge is 0.338 e. The Hall–Kier alpha value is -4.42. The van der Waals surface area contributed by atoms with E-state index < -0.39 is 29.9 Å². The summed E-state index contributed by atoms with van der Waals surface area (Å²) >= 11 is 12.8. The van der Waals surface area contributed by atoms with E-state index in [0.29, 0.717) is 45.4 Å². The molecule has 0 radical (unpaired) electrons. The molecule has 1 N–H and O–H groups in total. The fourth-order valence-electron chi connectivity index (χ4n) is 6.65. The van der Waals surface area contributed by atoms with Gasteiger partial charge < -0.3 is 24.2 Å². The number of halogens is 3. The number of ether oxygens (including phenoxy) is 4. The first-order valence-electron chi connectivity index (χ1n) is 16.6. The number of nitrogens with one attached hydrogen (secondary N) is 1. The van der Waals surface area contributed by atoms with Crippen molar-refractivity contribution in [2.75, 3.05) is 33.9 Å². The van der Waals surface area contributed by atoms with Crippen molar-refractivity contribution in [3.63, 3.8) is 0 Å². The first-order chi connectivity index (χ1) is 24.6. The minimum absolute atomic E-state index is 0.0684. The molecule has 51 heavy (non-hydrogen) atoms. The third-order valence-electron chi connectivity index (χ3n) is 9.46. The molecule has 0 aliphatic carbocycles. The maximum absolute atomic E-state index is 14.2. The SMILES string of the molecule is COc1ccc([C@H](Cc2c(Cl)c[n+]([O-])cc2Cl)OC(=O)c2ccc(CNC(C(=O)O[C@H]3CN4CCC3CC4)c3cccc(F)c3)cc2)cc1OC. The lowest BCUT2D eigenvalue weighted by Gasteiger charge is -2.44. The van der Waals surface area contributed by atoms with Gasteiger partial charge in [-0.2, -0.15) is 4.73 Å². The number of fused-ring (bicyclic) bond motifs is 3. The van der Waals surface area contributed by atoms with Crippen LogP contribution in [-0.2, 0) is 27.2 Å². The molecule has 0 saturated carbocycles. The fraction of sp³-hybridized carbons (Fsp3) is 0.342. The minimum Gasteiger partial charge on any atom is -0.619 e. The quantitative estimate of drug-likeness (QED) is 0.0948. The third kappa shape index (κ3) is 8.73. The topological polar surface area (TPSA) is 113 Å². The van der Waals surface area contributed by atoms with Crippen LogP contribution in [0.25, 0.3) is 0 Å². The van der Waals surface area contributed by atoms with Crippen molar-refractivity contribution < 1.29 is 37.7 Å². The zero-order valence-electron chi connectivity index (χ0n) is 28.2. The number of piperidine rings is 3. The van der Waals surface area contributed by atoms with E-state index in [-0.39, 0.29) is 34.7 Å². The van der Waals surface area contributed by atoms with Gasteiger partial charge in [0.15, 0.2) is 23.9 Å². The molecule has 3 aliphatic rings. The summed E-state index contributed by atoms with van der Waals surface area (Å²) in [6.07, 6.45) is 3.36. The molecule has 2 bridgehead atoms. The van der Waals surface area contributed by atoms with E-state index in [0.717, 1.165) is 31.5 Å². The monoisotopic (exact) mass is 737 g/mol. The lowest BCUT2D eigenvalue weighted by molar-refractivity contribution is -0.605. The van der Waals surface area contributed by atoms with Gasteiger partial charge in [-0.15, -0.1) is 0 Å². The number of benzene rings is 3. The van der Waals surface area contributed by atoms with E-state index in [1.54, 1.807) is 54.6 Å². The Morgan fingerprint density at radius 1 is 0.961 bits per heavy atom. The highest BCUT2D eigenvalue weighted by atomic mass is 35.5. The molecule has 268 valence electrons. The molecule has 4 aromatic rings. The normalized spacial score (nSPS) is 19.2. The van der Waals surface area contributed by atoms with Crippen LogP contribution >= 0.6 is 23.2 Å². The number of pyridine rings is 1. The Morgan fingerprint density at radius 3 is 2.29 bits per heavy atom. The molecule has 0 amide bonds. The molecule has 3 aliphatic heterocycles. The first kappa shape index (κ1) is 36.4. The highest BCUT2D eigenvalue weighted by Gasteiger charge is 2.38. The number of carbonyl (C=O) groups excluding carboxylic acids is 2. The van der Waals surface area contributed by atoms with Crippen LogP contribution in [0.1, 0.15) is 57.6 Å². The summed E-state index contributed by atoms with van der Waals surface area (Å²) in [7, 11) is 3.01. The molecule has 10 nitrogen and oxygen atoms in total. The maximum Gasteiger partial charge on any atom is 0.338 e. The highest BCUT2D eigenvalue weighted by Crippen LogP contribution is 2.36. The molecular weight excluding hydrogens is 700 g/mol. The van der Waals surface area contributed by atoms with Gasteiger partial charge in [0.1, 0.15) is 34.1 Å². The zero-order valence-corrected chi connectivity index (χ0v) is 29.7. The molecule has 3 atom stereocenters. The summed E-state index contributed by atoms with van der Waals surface area (Å²) in [4.78, 5) is 29.4. The summed E-state index contributed by atoms with van der Waals surface area (Å²) in [5.74, 6) is -0.267. The van der Waals surface area contributed by atoms with Crippen molar-refractivity contribution >= 4 is 35.1 Å². The van der Waals surface area contributed by atoms with Crippen LogP contribution in [0.5, 0.6) is 11.5 Å². The average Bonchev–Trinajstić information content (AvgIpc) is 3.13. The van der Waals surface area contributed by atoms with Gasteiger partial charge in [-0.1, -0.05) is 53.5 Å². The van der Waals surface area contributed by atoms with Gasteiger partial charge in [-0.25, -0.2) is 14.0 Å². The van der Waals surface area contributed by atoms with E-state index >= 15 is 0 Å². The second-order valence-electron chi connectivity index (χ2n) is 12.7. The maximum atomic E-state index is 14.2. The van der Waals surface area contributed by atoms with Gasteiger partial charge in [-0.3, -0.25) is 10.2 Å². The molecule has 1 aromatic heterocycles. The summed E-state index contributed by atoms with van der Waals surface area (Å²) in [6, 6.07) is 16.9. The molecule has 1 unspecified atom stereocenters. The van der Waals surface area contributed by atoms with Crippen LogP contribution in [0.15, 0.2) is 79.1 Å². The predicted molar refractivity (Wildman–Crippen MR) is 188 cm³/mol. The molecular formula is C38H38Cl2FN3O7. The van der Waals surface area contributed by atoms with Crippen LogP contribution < -0.4 is 19.5 Å². The van der Waals surface area contributed by atoms with Gasteiger partial charge >= 0.3 is 11.9 Å². The number of nitrogens with zero attached hydrogens (tertiary/aromatic N) is 2.